The molecule has 0 bridgehead atoms. The molecule has 0 saturated carbocycles. The molecule has 1 N–H and O–H groups in total. The standard InChI is InChI=1S/C11H10FN3O2/c1-7-14-10(15-17-7)6-13-11(16)8-2-4-9(12)5-3-8/h2-5H,6H2,1H3,(H,13,16). The van der Waals surface area contributed by atoms with Crippen molar-refractivity contribution in [2.45, 2.75) is 13.5 Å². The number of benzene rings is 1. The lowest BCUT2D eigenvalue weighted by Gasteiger charge is -2.01. The van der Waals surface area contributed by atoms with Crippen LogP contribution in [0.2, 0.25) is 0 Å². The largest absolute Gasteiger partial charge is 0.345 e. The van der Waals surface area contributed by atoms with Gasteiger partial charge in [0.05, 0.1) is 6.54 Å². The monoisotopic (exact) mass is 235 g/mol. The fourth-order valence-electron chi connectivity index (χ4n) is 1.28. The summed E-state index contributed by atoms with van der Waals surface area (Å²) in [6, 6.07) is 5.28. The first-order chi connectivity index (χ1) is 8.15. The number of nitrogens with zero attached hydrogens (tertiary/aromatic N) is 2. The van der Waals surface area contributed by atoms with Crippen LogP contribution in [0.25, 0.3) is 0 Å². The highest BCUT2D eigenvalue weighted by Gasteiger charge is 2.07. The van der Waals surface area contributed by atoms with Gasteiger partial charge in [-0.3, -0.25) is 4.79 Å². The van der Waals surface area contributed by atoms with Crippen molar-refractivity contribution < 1.29 is 13.7 Å². The quantitative estimate of drug-likeness (QED) is 0.874. The third-order valence-electron chi connectivity index (χ3n) is 2.08. The van der Waals surface area contributed by atoms with Crippen LogP contribution < -0.4 is 5.32 Å². The Bertz CT molecular complexity index is 522. The van der Waals surface area contributed by atoms with E-state index >= 15 is 0 Å². The lowest BCUT2D eigenvalue weighted by molar-refractivity contribution is 0.0949. The van der Waals surface area contributed by atoms with E-state index in [-0.39, 0.29) is 18.3 Å². The molecule has 0 atom stereocenters. The molecule has 0 radical (unpaired) electrons. The Kier molecular flexibility index (Phi) is 3.13. The van der Waals surface area contributed by atoms with E-state index in [1.54, 1.807) is 6.92 Å². The van der Waals surface area contributed by atoms with Gasteiger partial charge in [0.1, 0.15) is 5.82 Å². The Labute approximate surface area is 96.6 Å². The Morgan fingerprint density at radius 3 is 2.71 bits per heavy atom. The maximum Gasteiger partial charge on any atom is 0.251 e. The van der Waals surface area contributed by atoms with E-state index < -0.39 is 0 Å². The first kappa shape index (κ1) is 11.3. The zero-order chi connectivity index (χ0) is 12.3. The summed E-state index contributed by atoms with van der Waals surface area (Å²) in [6.07, 6.45) is 0. The van der Waals surface area contributed by atoms with Gasteiger partial charge in [-0.2, -0.15) is 4.98 Å². The molecule has 0 aliphatic rings. The third kappa shape index (κ3) is 2.87. The minimum atomic E-state index is -0.379. The molecule has 1 aromatic heterocycles. The number of rotatable bonds is 3. The van der Waals surface area contributed by atoms with Gasteiger partial charge in [0.2, 0.25) is 5.89 Å². The Morgan fingerprint density at radius 2 is 2.12 bits per heavy atom. The molecule has 2 rings (SSSR count). The molecule has 0 aliphatic carbocycles. The van der Waals surface area contributed by atoms with E-state index in [1.165, 1.54) is 24.3 Å². The van der Waals surface area contributed by atoms with Crippen LogP contribution in [0.15, 0.2) is 28.8 Å². The summed E-state index contributed by atoms with van der Waals surface area (Å²) in [5.41, 5.74) is 0.381. The minimum absolute atomic E-state index is 0.174. The molecule has 6 heteroatoms. The van der Waals surface area contributed by atoms with E-state index in [1.807, 2.05) is 0 Å². The summed E-state index contributed by atoms with van der Waals surface area (Å²) in [5.74, 6) is 0.150. The molecule has 1 amide bonds. The van der Waals surface area contributed by atoms with Gasteiger partial charge in [0.25, 0.3) is 5.91 Å². The van der Waals surface area contributed by atoms with Crippen LogP contribution in [0.3, 0.4) is 0 Å². The van der Waals surface area contributed by atoms with Crippen LogP contribution in [0.5, 0.6) is 0 Å². The van der Waals surface area contributed by atoms with E-state index in [0.717, 1.165) is 0 Å². The molecule has 0 aliphatic heterocycles. The molecular weight excluding hydrogens is 225 g/mol. The molecule has 0 unspecified atom stereocenters. The number of halogens is 1. The van der Waals surface area contributed by atoms with Crippen LogP contribution in [-0.4, -0.2) is 16.0 Å². The van der Waals surface area contributed by atoms with Gasteiger partial charge in [-0.05, 0) is 24.3 Å². The fourth-order valence-corrected chi connectivity index (χ4v) is 1.28. The summed E-state index contributed by atoms with van der Waals surface area (Å²) in [4.78, 5) is 15.6. The summed E-state index contributed by atoms with van der Waals surface area (Å²) in [6.45, 7) is 1.84. The second kappa shape index (κ2) is 4.73. The molecule has 1 heterocycles. The van der Waals surface area contributed by atoms with E-state index in [0.29, 0.717) is 17.3 Å². The number of nitrogens with one attached hydrogen (secondary N) is 1. The Hall–Kier alpha value is -2.24. The van der Waals surface area contributed by atoms with Gasteiger partial charge in [-0.15, -0.1) is 0 Å². The lowest BCUT2D eigenvalue weighted by atomic mass is 10.2. The van der Waals surface area contributed by atoms with Gasteiger partial charge in [-0.25, -0.2) is 4.39 Å². The number of hydrogen-bond acceptors (Lipinski definition) is 4. The Balaban J connectivity index is 1.95. The maximum absolute atomic E-state index is 12.6. The number of carbonyl (C=O) groups excluding carboxylic acids is 1. The van der Waals surface area contributed by atoms with Gasteiger partial charge in [0, 0.05) is 12.5 Å². The van der Waals surface area contributed by atoms with Crippen LogP contribution in [0, 0.1) is 12.7 Å². The van der Waals surface area contributed by atoms with Crippen molar-refractivity contribution in [3.8, 4) is 0 Å². The SMILES string of the molecule is Cc1nc(CNC(=O)c2ccc(F)cc2)no1. The van der Waals surface area contributed by atoms with Crippen molar-refractivity contribution in [2.75, 3.05) is 0 Å². The van der Waals surface area contributed by atoms with Crippen molar-refractivity contribution in [3.05, 3.63) is 47.4 Å². The first-order valence-electron chi connectivity index (χ1n) is 4.98. The van der Waals surface area contributed by atoms with Crippen LogP contribution in [-0.2, 0) is 6.54 Å². The van der Waals surface area contributed by atoms with Gasteiger partial charge < -0.3 is 9.84 Å². The average Bonchev–Trinajstić information content (AvgIpc) is 2.73. The minimum Gasteiger partial charge on any atom is -0.345 e. The summed E-state index contributed by atoms with van der Waals surface area (Å²) in [7, 11) is 0. The molecule has 0 spiro atoms. The molecule has 0 saturated heterocycles. The molecular formula is C11H10FN3O2. The van der Waals surface area contributed by atoms with Gasteiger partial charge in [0.15, 0.2) is 5.82 Å². The normalized spacial score (nSPS) is 10.2. The van der Waals surface area contributed by atoms with Crippen molar-refractivity contribution in [2.24, 2.45) is 0 Å². The predicted molar refractivity (Wildman–Crippen MR) is 56.6 cm³/mol. The number of amides is 1. The van der Waals surface area contributed by atoms with E-state index in [9.17, 15) is 9.18 Å². The van der Waals surface area contributed by atoms with Gasteiger partial charge in [-0.1, -0.05) is 5.16 Å². The number of aromatic nitrogens is 2. The highest BCUT2D eigenvalue weighted by atomic mass is 19.1. The third-order valence-corrected chi connectivity index (χ3v) is 2.08. The van der Waals surface area contributed by atoms with Crippen LogP contribution >= 0.6 is 0 Å². The predicted octanol–water partition coefficient (Wildman–Crippen LogP) is 1.45. The van der Waals surface area contributed by atoms with Crippen LogP contribution in [0.1, 0.15) is 22.1 Å². The highest BCUT2D eigenvalue weighted by Crippen LogP contribution is 2.03. The summed E-state index contributed by atoms with van der Waals surface area (Å²) >= 11 is 0. The second-order valence-electron chi connectivity index (χ2n) is 3.42. The summed E-state index contributed by atoms with van der Waals surface area (Å²) in [5, 5.41) is 6.24. The van der Waals surface area contributed by atoms with Crippen molar-refractivity contribution in [1.82, 2.24) is 15.5 Å². The van der Waals surface area contributed by atoms with Crippen molar-refractivity contribution in [3.63, 3.8) is 0 Å². The van der Waals surface area contributed by atoms with Crippen LogP contribution in [0.4, 0.5) is 4.39 Å². The first-order valence-corrected chi connectivity index (χ1v) is 4.98. The van der Waals surface area contributed by atoms with Crippen molar-refractivity contribution >= 4 is 5.91 Å². The molecule has 1 aromatic carbocycles. The number of hydrogen-bond donors (Lipinski definition) is 1. The fraction of sp³-hybridized carbons (Fsp3) is 0.182. The zero-order valence-electron chi connectivity index (χ0n) is 9.11. The average molecular weight is 235 g/mol. The molecule has 0 fully saturated rings. The molecule has 2 aromatic rings. The van der Waals surface area contributed by atoms with E-state index in [4.69, 9.17) is 4.52 Å². The van der Waals surface area contributed by atoms with Crippen molar-refractivity contribution in [1.29, 1.82) is 0 Å². The maximum atomic E-state index is 12.6. The smallest absolute Gasteiger partial charge is 0.251 e. The van der Waals surface area contributed by atoms with Gasteiger partial charge >= 0.3 is 0 Å². The molecule has 88 valence electrons. The zero-order valence-corrected chi connectivity index (χ0v) is 9.11. The lowest BCUT2D eigenvalue weighted by Crippen LogP contribution is -2.23. The summed E-state index contributed by atoms with van der Waals surface area (Å²) < 4.78 is 17.4. The molecule has 17 heavy (non-hydrogen) atoms. The topological polar surface area (TPSA) is 68.0 Å². The van der Waals surface area contributed by atoms with E-state index in [2.05, 4.69) is 15.5 Å². The number of carbonyl (C=O) groups is 1. The number of aryl methyl sites for hydroxylation is 1. The second-order valence-corrected chi connectivity index (χ2v) is 3.42. The molecule has 5 nitrogen and oxygen atoms in total. The highest BCUT2D eigenvalue weighted by molar-refractivity contribution is 5.93. The Morgan fingerprint density at radius 1 is 1.41 bits per heavy atom.